The number of hydrogen-bond donors (Lipinski definition) is 1. The number of para-hydroxylation sites is 1. The number of ether oxygens (including phenoxy) is 2. The number of carbonyl (C=O) groups is 2. The summed E-state index contributed by atoms with van der Waals surface area (Å²) in [6.45, 7) is 0.437. The van der Waals surface area contributed by atoms with Crippen LogP contribution in [0.1, 0.15) is 12.0 Å². The van der Waals surface area contributed by atoms with Crippen LogP contribution in [-0.2, 0) is 26.1 Å². The lowest BCUT2D eigenvalue weighted by Gasteiger charge is -2.36. The predicted octanol–water partition coefficient (Wildman–Crippen LogP) is 1.98. The van der Waals surface area contributed by atoms with Crippen LogP contribution in [0.4, 0.5) is 10.5 Å². The molecule has 3 amide bonds. The van der Waals surface area contributed by atoms with Crippen LogP contribution in [0.25, 0.3) is 0 Å². The lowest BCUT2D eigenvalue weighted by atomic mass is 10.2. The van der Waals surface area contributed by atoms with Crippen LogP contribution in [0.15, 0.2) is 53.4 Å². The Morgan fingerprint density at radius 3 is 2.45 bits per heavy atom. The molecule has 9 nitrogen and oxygen atoms in total. The van der Waals surface area contributed by atoms with Gasteiger partial charge in [-0.05, 0) is 36.2 Å². The molecule has 0 aliphatic carbocycles. The quantitative estimate of drug-likeness (QED) is 0.590. The van der Waals surface area contributed by atoms with E-state index in [4.69, 9.17) is 9.47 Å². The first kappa shape index (κ1) is 22.6. The molecule has 0 atom stereocenters. The summed E-state index contributed by atoms with van der Waals surface area (Å²) >= 11 is 0. The molecule has 1 aliphatic heterocycles. The van der Waals surface area contributed by atoms with Crippen LogP contribution >= 0.6 is 0 Å². The highest BCUT2D eigenvalue weighted by molar-refractivity contribution is 7.90. The zero-order chi connectivity index (χ0) is 22.4. The second kappa shape index (κ2) is 9.80. The van der Waals surface area contributed by atoms with Gasteiger partial charge < -0.3 is 14.8 Å². The normalized spacial score (nSPS) is 14.8. The maximum atomic E-state index is 13.2. The van der Waals surface area contributed by atoms with Gasteiger partial charge in [0.05, 0.1) is 19.3 Å². The fourth-order valence-corrected chi connectivity index (χ4v) is 4.76. The van der Waals surface area contributed by atoms with Crippen molar-refractivity contribution >= 4 is 27.6 Å². The summed E-state index contributed by atoms with van der Waals surface area (Å²) in [6, 6.07) is 12.1. The van der Waals surface area contributed by atoms with Crippen LogP contribution in [0.5, 0.6) is 5.75 Å². The molecule has 0 spiro atoms. The SMILES string of the molecule is COCCCNC(=O)CN1C(=O)N(Cc2ccc(OC)cc2)S(=O)(=O)c2ccccc21. The van der Waals surface area contributed by atoms with E-state index < -0.39 is 16.1 Å². The maximum absolute atomic E-state index is 13.2. The third-order valence-electron chi connectivity index (χ3n) is 4.80. The number of methoxy groups -OCH3 is 2. The molecule has 0 saturated carbocycles. The summed E-state index contributed by atoms with van der Waals surface area (Å²) in [5, 5.41) is 2.72. The van der Waals surface area contributed by atoms with E-state index in [9.17, 15) is 18.0 Å². The van der Waals surface area contributed by atoms with Gasteiger partial charge in [0.2, 0.25) is 5.91 Å². The van der Waals surface area contributed by atoms with Crippen molar-refractivity contribution < 1.29 is 27.5 Å². The van der Waals surface area contributed by atoms with E-state index in [0.29, 0.717) is 30.9 Å². The van der Waals surface area contributed by atoms with Crippen LogP contribution in [0, 0.1) is 0 Å². The van der Waals surface area contributed by atoms with Crippen molar-refractivity contribution in [2.45, 2.75) is 17.9 Å². The summed E-state index contributed by atoms with van der Waals surface area (Å²) < 4.78 is 37.2. The number of urea groups is 1. The van der Waals surface area contributed by atoms with Gasteiger partial charge in [0.25, 0.3) is 10.0 Å². The van der Waals surface area contributed by atoms with Gasteiger partial charge in [0, 0.05) is 20.3 Å². The number of nitrogens with zero attached hydrogens (tertiary/aromatic N) is 2. The standard InChI is InChI=1S/C21H25N3O6S/c1-29-13-5-12-22-20(25)15-23-18-6-3-4-7-19(18)31(27,28)24(21(23)26)14-16-8-10-17(30-2)11-9-16/h3-4,6-11H,5,12-15H2,1-2H3,(H,22,25). The molecule has 3 rings (SSSR count). The van der Waals surface area contributed by atoms with Crippen molar-refractivity contribution in [2.75, 3.05) is 38.8 Å². The Balaban J connectivity index is 1.87. The third kappa shape index (κ3) is 4.97. The number of rotatable bonds is 9. The molecule has 31 heavy (non-hydrogen) atoms. The van der Waals surface area contributed by atoms with Crippen LogP contribution in [0.2, 0.25) is 0 Å². The van der Waals surface area contributed by atoms with Crippen molar-refractivity contribution in [3.63, 3.8) is 0 Å². The molecular formula is C21H25N3O6S. The molecule has 2 aromatic rings. The fraction of sp³-hybridized carbons (Fsp3) is 0.333. The van der Waals surface area contributed by atoms with Gasteiger partial charge >= 0.3 is 6.03 Å². The first-order valence-corrected chi connectivity index (χ1v) is 11.1. The molecule has 10 heteroatoms. The van der Waals surface area contributed by atoms with E-state index in [-0.39, 0.29) is 29.6 Å². The molecule has 0 aromatic heterocycles. The maximum Gasteiger partial charge on any atom is 0.339 e. The number of carbonyl (C=O) groups excluding carboxylic acids is 2. The summed E-state index contributed by atoms with van der Waals surface area (Å²) in [5.74, 6) is 0.233. The Labute approximate surface area is 181 Å². The Morgan fingerprint density at radius 2 is 1.77 bits per heavy atom. The molecule has 166 valence electrons. The second-order valence-electron chi connectivity index (χ2n) is 6.89. The number of hydrogen-bond acceptors (Lipinski definition) is 6. The number of benzene rings is 2. The summed E-state index contributed by atoms with van der Waals surface area (Å²) in [5.41, 5.74) is 0.798. The number of anilines is 1. The summed E-state index contributed by atoms with van der Waals surface area (Å²) in [4.78, 5) is 26.8. The van der Waals surface area contributed by atoms with Crippen LogP contribution in [0.3, 0.4) is 0 Å². The van der Waals surface area contributed by atoms with Gasteiger partial charge in [-0.25, -0.2) is 17.5 Å². The second-order valence-corrected chi connectivity index (χ2v) is 8.72. The van der Waals surface area contributed by atoms with Crippen LogP contribution < -0.4 is 15.0 Å². The average molecular weight is 448 g/mol. The van der Waals surface area contributed by atoms with E-state index in [1.807, 2.05) is 0 Å². The smallest absolute Gasteiger partial charge is 0.339 e. The van der Waals surface area contributed by atoms with Crippen molar-refractivity contribution in [1.82, 2.24) is 9.62 Å². The van der Waals surface area contributed by atoms with Gasteiger partial charge in [-0.15, -0.1) is 0 Å². The Morgan fingerprint density at radius 1 is 1.06 bits per heavy atom. The van der Waals surface area contributed by atoms with Gasteiger partial charge in [0.15, 0.2) is 0 Å². The monoisotopic (exact) mass is 447 g/mol. The minimum Gasteiger partial charge on any atom is -0.497 e. The molecule has 2 aromatic carbocycles. The zero-order valence-corrected chi connectivity index (χ0v) is 18.2. The average Bonchev–Trinajstić information content (AvgIpc) is 2.78. The first-order valence-electron chi connectivity index (χ1n) is 9.70. The summed E-state index contributed by atoms with van der Waals surface area (Å²) in [7, 11) is -0.973. The van der Waals surface area contributed by atoms with Gasteiger partial charge in [0.1, 0.15) is 17.2 Å². The molecule has 0 saturated heterocycles. The van der Waals surface area contributed by atoms with E-state index in [1.165, 1.54) is 24.1 Å². The number of amides is 3. The number of fused-ring (bicyclic) bond motifs is 1. The van der Waals surface area contributed by atoms with Gasteiger partial charge in [-0.3, -0.25) is 9.69 Å². The zero-order valence-electron chi connectivity index (χ0n) is 17.4. The molecule has 1 aliphatic rings. The van der Waals surface area contributed by atoms with E-state index in [0.717, 1.165) is 4.31 Å². The van der Waals surface area contributed by atoms with Crippen molar-refractivity contribution in [2.24, 2.45) is 0 Å². The largest absolute Gasteiger partial charge is 0.497 e. The van der Waals surface area contributed by atoms with Crippen LogP contribution in [-0.4, -0.2) is 58.6 Å². The molecule has 0 fully saturated rings. The highest BCUT2D eigenvalue weighted by atomic mass is 32.2. The minimum atomic E-state index is -4.08. The lowest BCUT2D eigenvalue weighted by molar-refractivity contribution is -0.119. The topological polar surface area (TPSA) is 105 Å². The molecule has 1 N–H and O–H groups in total. The molecular weight excluding hydrogens is 422 g/mol. The molecule has 0 unspecified atom stereocenters. The van der Waals surface area contributed by atoms with Gasteiger partial charge in [-0.2, -0.15) is 0 Å². The van der Waals surface area contributed by atoms with E-state index in [1.54, 1.807) is 43.5 Å². The minimum absolute atomic E-state index is 0.0182. The van der Waals surface area contributed by atoms with Crippen molar-refractivity contribution in [1.29, 1.82) is 0 Å². The number of nitrogens with one attached hydrogen (secondary N) is 1. The fourth-order valence-electron chi connectivity index (χ4n) is 3.20. The molecule has 0 radical (unpaired) electrons. The predicted molar refractivity (Wildman–Crippen MR) is 114 cm³/mol. The number of sulfonamides is 1. The Hall–Kier alpha value is -3.11. The van der Waals surface area contributed by atoms with Crippen molar-refractivity contribution in [3.05, 3.63) is 54.1 Å². The highest BCUT2D eigenvalue weighted by Gasteiger charge is 2.41. The van der Waals surface area contributed by atoms with E-state index >= 15 is 0 Å². The highest BCUT2D eigenvalue weighted by Crippen LogP contribution is 2.35. The molecule has 1 heterocycles. The van der Waals surface area contributed by atoms with Gasteiger partial charge in [-0.1, -0.05) is 24.3 Å². The van der Waals surface area contributed by atoms with Crippen molar-refractivity contribution in [3.8, 4) is 5.75 Å². The summed E-state index contributed by atoms with van der Waals surface area (Å²) in [6.07, 6.45) is 0.630. The Bertz CT molecular complexity index is 1040. The lowest BCUT2D eigenvalue weighted by Crippen LogP contribution is -2.53. The van der Waals surface area contributed by atoms with E-state index in [2.05, 4.69) is 5.32 Å². The first-order chi connectivity index (χ1) is 14.9. The Kier molecular flexibility index (Phi) is 7.13. The molecule has 0 bridgehead atoms. The third-order valence-corrected chi connectivity index (χ3v) is 6.57.